The van der Waals surface area contributed by atoms with E-state index in [9.17, 15) is 14.7 Å². The quantitative estimate of drug-likeness (QED) is 0.592. The van der Waals surface area contributed by atoms with Crippen molar-refractivity contribution in [1.82, 2.24) is 10.3 Å². The van der Waals surface area contributed by atoms with Gasteiger partial charge in [0.05, 0.1) is 6.54 Å². The standard InChI is InChI=1S/C21H19ClN2O3/c1-21(27,16-7-9-17(22)10-8-16)13-23-19(25)11-6-15-12-14-4-2-3-5-18(14)24-20(15)26/h2-12,27H,13H2,1H3,(H,23,25)(H,24,26)/b11-6+. The molecule has 3 N–H and O–H groups in total. The lowest BCUT2D eigenvalue weighted by atomic mass is 9.96. The minimum absolute atomic E-state index is 0.0197. The lowest BCUT2D eigenvalue weighted by Crippen LogP contribution is -2.37. The van der Waals surface area contributed by atoms with E-state index in [4.69, 9.17) is 11.6 Å². The highest BCUT2D eigenvalue weighted by atomic mass is 35.5. The highest BCUT2D eigenvalue weighted by molar-refractivity contribution is 6.30. The van der Waals surface area contributed by atoms with E-state index < -0.39 is 11.5 Å². The minimum atomic E-state index is -1.24. The Bertz CT molecular complexity index is 1050. The summed E-state index contributed by atoms with van der Waals surface area (Å²) in [5.74, 6) is -0.406. The lowest BCUT2D eigenvalue weighted by molar-refractivity contribution is -0.117. The number of para-hydroxylation sites is 1. The largest absolute Gasteiger partial charge is 0.384 e. The van der Waals surface area contributed by atoms with Crippen LogP contribution in [0.2, 0.25) is 5.02 Å². The van der Waals surface area contributed by atoms with E-state index in [1.165, 1.54) is 12.2 Å². The van der Waals surface area contributed by atoms with Crippen LogP contribution in [0.4, 0.5) is 0 Å². The number of benzene rings is 2. The van der Waals surface area contributed by atoms with Crippen molar-refractivity contribution < 1.29 is 9.90 Å². The molecule has 0 fully saturated rings. The van der Waals surface area contributed by atoms with Gasteiger partial charge in [-0.2, -0.15) is 0 Å². The summed E-state index contributed by atoms with van der Waals surface area (Å²) in [6.45, 7) is 1.63. The molecule has 0 bridgehead atoms. The van der Waals surface area contributed by atoms with E-state index in [-0.39, 0.29) is 12.1 Å². The van der Waals surface area contributed by atoms with Crippen molar-refractivity contribution in [3.8, 4) is 0 Å². The fourth-order valence-corrected chi connectivity index (χ4v) is 2.81. The Morgan fingerprint density at radius 3 is 2.67 bits per heavy atom. The third-order valence-corrected chi connectivity index (χ3v) is 4.52. The van der Waals surface area contributed by atoms with E-state index in [1.807, 2.05) is 24.3 Å². The van der Waals surface area contributed by atoms with Crippen molar-refractivity contribution in [2.75, 3.05) is 6.54 Å². The van der Waals surface area contributed by atoms with Crippen LogP contribution in [0.15, 0.2) is 65.5 Å². The second-order valence-corrected chi connectivity index (χ2v) is 6.91. The van der Waals surface area contributed by atoms with Crippen LogP contribution >= 0.6 is 11.6 Å². The summed E-state index contributed by atoms with van der Waals surface area (Å²) >= 11 is 5.85. The Kier molecular flexibility index (Phi) is 5.44. The molecule has 138 valence electrons. The number of rotatable bonds is 5. The molecule has 27 heavy (non-hydrogen) atoms. The summed E-state index contributed by atoms with van der Waals surface area (Å²) < 4.78 is 0. The zero-order valence-corrected chi connectivity index (χ0v) is 15.5. The maximum absolute atomic E-state index is 12.1. The van der Waals surface area contributed by atoms with Gasteiger partial charge in [0.2, 0.25) is 5.91 Å². The Morgan fingerprint density at radius 1 is 1.22 bits per heavy atom. The highest BCUT2D eigenvalue weighted by Crippen LogP contribution is 2.21. The van der Waals surface area contributed by atoms with Crippen LogP contribution in [-0.2, 0) is 10.4 Å². The molecule has 1 aromatic heterocycles. The Hall–Kier alpha value is -2.89. The Balaban J connectivity index is 1.68. The molecule has 1 amide bonds. The maximum atomic E-state index is 12.1. The second kappa shape index (κ2) is 7.78. The number of halogens is 1. The Morgan fingerprint density at radius 2 is 1.93 bits per heavy atom. The molecule has 3 rings (SSSR count). The van der Waals surface area contributed by atoms with Gasteiger partial charge in [-0.3, -0.25) is 9.59 Å². The molecule has 0 aliphatic carbocycles. The van der Waals surface area contributed by atoms with Crippen LogP contribution in [0, 0.1) is 0 Å². The summed E-state index contributed by atoms with van der Waals surface area (Å²) in [6, 6.07) is 15.9. The topological polar surface area (TPSA) is 82.2 Å². The van der Waals surface area contributed by atoms with Crippen molar-refractivity contribution in [1.29, 1.82) is 0 Å². The molecule has 6 heteroatoms. The predicted molar refractivity (Wildman–Crippen MR) is 108 cm³/mol. The zero-order chi connectivity index (χ0) is 19.4. The summed E-state index contributed by atoms with van der Waals surface area (Å²) in [5.41, 5.74) is 0.249. The summed E-state index contributed by atoms with van der Waals surface area (Å²) in [6.07, 6.45) is 2.73. The van der Waals surface area contributed by atoms with Gasteiger partial charge in [0, 0.05) is 22.2 Å². The van der Waals surface area contributed by atoms with Gasteiger partial charge in [0.15, 0.2) is 0 Å². The van der Waals surface area contributed by atoms with Crippen molar-refractivity contribution in [3.63, 3.8) is 0 Å². The SMILES string of the molecule is CC(O)(CNC(=O)/C=C/c1cc2ccccc2[nH]c1=O)c1ccc(Cl)cc1. The van der Waals surface area contributed by atoms with Gasteiger partial charge in [-0.15, -0.1) is 0 Å². The average molecular weight is 383 g/mol. The molecule has 5 nitrogen and oxygen atoms in total. The van der Waals surface area contributed by atoms with E-state index in [0.717, 1.165) is 10.9 Å². The maximum Gasteiger partial charge on any atom is 0.255 e. The molecule has 0 spiro atoms. The first-order valence-corrected chi connectivity index (χ1v) is 8.79. The molecule has 0 saturated heterocycles. The smallest absolute Gasteiger partial charge is 0.255 e. The number of aromatic amines is 1. The first-order valence-electron chi connectivity index (χ1n) is 8.41. The van der Waals surface area contributed by atoms with Gasteiger partial charge >= 0.3 is 0 Å². The van der Waals surface area contributed by atoms with E-state index in [2.05, 4.69) is 10.3 Å². The van der Waals surface area contributed by atoms with E-state index in [0.29, 0.717) is 16.1 Å². The number of hydrogen-bond donors (Lipinski definition) is 3. The van der Waals surface area contributed by atoms with Gasteiger partial charge in [0.1, 0.15) is 5.60 Å². The zero-order valence-electron chi connectivity index (χ0n) is 14.7. The van der Waals surface area contributed by atoms with Gasteiger partial charge in [-0.25, -0.2) is 0 Å². The number of fused-ring (bicyclic) bond motifs is 1. The van der Waals surface area contributed by atoms with Crippen LogP contribution in [0.5, 0.6) is 0 Å². The van der Waals surface area contributed by atoms with Crippen molar-refractivity contribution in [2.24, 2.45) is 0 Å². The summed E-state index contributed by atoms with van der Waals surface area (Å²) in [5, 5.41) is 14.6. The fraction of sp³-hybridized carbons (Fsp3) is 0.143. The van der Waals surface area contributed by atoms with Crippen LogP contribution in [0.3, 0.4) is 0 Å². The number of carbonyl (C=O) groups excluding carboxylic acids is 1. The van der Waals surface area contributed by atoms with Crippen molar-refractivity contribution in [2.45, 2.75) is 12.5 Å². The fourth-order valence-electron chi connectivity index (χ4n) is 2.68. The number of pyridine rings is 1. The molecule has 0 aliphatic heterocycles. The average Bonchev–Trinajstić information content (AvgIpc) is 2.65. The molecule has 0 radical (unpaired) electrons. The normalized spacial score (nSPS) is 13.6. The van der Waals surface area contributed by atoms with E-state index in [1.54, 1.807) is 37.3 Å². The highest BCUT2D eigenvalue weighted by Gasteiger charge is 2.23. The van der Waals surface area contributed by atoms with Crippen LogP contribution < -0.4 is 10.9 Å². The summed E-state index contributed by atoms with van der Waals surface area (Å²) in [4.78, 5) is 26.9. The summed E-state index contributed by atoms with van der Waals surface area (Å²) in [7, 11) is 0. The van der Waals surface area contributed by atoms with Crippen LogP contribution in [0.1, 0.15) is 18.1 Å². The lowest BCUT2D eigenvalue weighted by Gasteiger charge is -2.24. The van der Waals surface area contributed by atoms with Crippen LogP contribution in [0.25, 0.3) is 17.0 Å². The number of aliphatic hydroxyl groups is 1. The van der Waals surface area contributed by atoms with Gasteiger partial charge < -0.3 is 15.4 Å². The second-order valence-electron chi connectivity index (χ2n) is 6.47. The third-order valence-electron chi connectivity index (χ3n) is 4.27. The molecule has 0 aliphatic rings. The number of nitrogens with one attached hydrogen (secondary N) is 2. The number of amides is 1. The van der Waals surface area contributed by atoms with Crippen molar-refractivity contribution in [3.05, 3.63) is 87.2 Å². The van der Waals surface area contributed by atoms with E-state index >= 15 is 0 Å². The van der Waals surface area contributed by atoms with Crippen molar-refractivity contribution >= 4 is 34.5 Å². The first-order chi connectivity index (χ1) is 12.8. The molecule has 1 heterocycles. The van der Waals surface area contributed by atoms with Crippen LogP contribution in [-0.4, -0.2) is 22.5 Å². The molecular weight excluding hydrogens is 364 g/mol. The number of hydrogen-bond acceptors (Lipinski definition) is 3. The minimum Gasteiger partial charge on any atom is -0.384 e. The van der Waals surface area contributed by atoms with Gasteiger partial charge in [0.25, 0.3) is 5.56 Å². The number of carbonyl (C=O) groups is 1. The Labute approximate surface area is 161 Å². The molecule has 1 atom stereocenters. The first kappa shape index (κ1) is 18.9. The number of aromatic nitrogens is 1. The molecule has 1 unspecified atom stereocenters. The molecule has 0 saturated carbocycles. The predicted octanol–water partition coefficient (Wildman–Crippen LogP) is 3.22. The number of H-pyrrole nitrogens is 1. The monoisotopic (exact) mass is 382 g/mol. The van der Waals surface area contributed by atoms with Gasteiger partial charge in [-0.05, 0) is 48.2 Å². The molecule has 3 aromatic rings. The molecular formula is C21H19ClN2O3. The molecule has 2 aromatic carbocycles. The van der Waals surface area contributed by atoms with Gasteiger partial charge in [-0.1, -0.05) is 41.9 Å². The third kappa shape index (κ3) is 4.64.